The highest BCUT2D eigenvalue weighted by Gasteiger charge is 2.39. The highest BCUT2D eigenvalue weighted by Crippen LogP contribution is 2.20. The second-order valence-electron chi connectivity index (χ2n) is 4.21. The number of nitrogens with two attached hydrogens (primary N) is 1. The lowest BCUT2D eigenvalue weighted by molar-refractivity contribution is -0.145. The average Bonchev–Trinajstić information content (AvgIpc) is 2.86. The van der Waals surface area contributed by atoms with Crippen molar-refractivity contribution in [1.82, 2.24) is 10.2 Å². The van der Waals surface area contributed by atoms with Gasteiger partial charge in [-0.3, -0.25) is 14.4 Å². The maximum Gasteiger partial charge on any atom is 0.311 e. The van der Waals surface area contributed by atoms with E-state index in [-0.39, 0.29) is 32.2 Å². The molecule has 8 nitrogen and oxygen atoms in total. The normalized spacial score (nSPS) is 22.0. The molecule has 2 unspecified atom stereocenters. The molecule has 0 aromatic rings. The fourth-order valence-electron chi connectivity index (χ4n) is 2.03. The summed E-state index contributed by atoms with van der Waals surface area (Å²) in [6.45, 7) is 2.02. The number of nitrogens with zero attached hydrogens (tertiary/aromatic N) is 1. The van der Waals surface area contributed by atoms with E-state index in [1.54, 1.807) is 6.92 Å². The number of carboxylic acids is 1. The Morgan fingerprint density at radius 2 is 2.11 bits per heavy atom. The maximum atomic E-state index is 12.0. The van der Waals surface area contributed by atoms with Crippen LogP contribution in [0.2, 0.25) is 0 Å². The van der Waals surface area contributed by atoms with Crippen LogP contribution in [0, 0.1) is 5.92 Å². The first-order chi connectivity index (χ1) is 9.01. The third-order valence-corrected chi connectivity index (χ3v) is 3.05. The summed E-state index contributed by atoms with van der Waals surface area (Å²) >= 11 is 0. The highest BCUT2D eigenvalue weighted by atomic mass is 16.5. The molecule has 2 atom stereocenters. The number of ether oxygens (including phenoxy) is 1. The lowest BCUT2D eigenvalue weighted by atomic mass is 10.0. The zero-order valence-corrected chi connectivity index (χ0v) is 10.8. The third kappa shape index (κ3) is 3.90. The summed E-state index contributed by atoms with van der Waals surface area (Å²) in [6.07, 6.45) is 0. The van der Waals surface area contributed by atoms with E-state index in [1.165, 1.54) is 4.90 Å². The largest absolute Gasteiger partial charge is 0.481 e. The minimum atomic E-state index is -0.986. The van der Waals surface area contributed by atoms with Crippen molar-refractivity contribution in [3.63, 3.8) is 0 Å². The summed E-state index contributed by atoms with van der Waals surface area (Å²) in [5.74, 6) is -2.48. The Balaban J connectivity index is 2.63. The number of rotatable bonds is 6. The Bertz CT molecular complexity index is 360. The zero-order valence-electron chi connectivity index (χ0n) is 10.8. The molecule has 108 valence electrons. The Morgan fingerprint density at radius 1 is 1.42 bits per heavy atom. The number of carbonyl (C=O) groups is 3. The first kappa shape index (κ1) is 15.4. The van der Waals surface area contributed by atoms with Gasteiger partial charge >= 0.3 is 5.97 Å². The monoisotopic (exact) mass is 273 g/mol. The van der Waals surface area contributed by atoms with E-state index >= 15 is 0 Å². The summed E-state index contributed by atoms with van der Waals surface area (Å²) in [6, 6.07) is -0.496. The van der Waals surface area contributed by atoms with Gasteiger partial charge in [-0.2, -0.15) is 0 Å². The van der Waals surface area contributed by atoms with Gasteiger partial charge in [-0.15, -0.1) is 0 Å². The van der Waals surface area contributed by atoms with Gasteiger partial charge < -0.3 is 25.8 Å². The number of nitrogens with one attached hydrogen (secondary N) is 1. The number of hydrogen-bond acceptors (Lipinski definition) is 5. The molecule has 1 saturated heterocycles. The first-order valence-corrected chi connectivity index (χ1v) is 6.08. The van der Waals surface area contributed by atoms with Crippen molar-refractivity contribution >= 4 is 17.8 Å². The summed E-state index contributed by atoms with van der Waals surface area (Å²) in [7, 11) is 0. The van der Waals surface area contributed by atoms with Crippen LogP contribution in [0.1, 0.15) is 6.92 Å². The number of carboxylic acid groups (broad SMARTS) is 1. The maximum absolute atomic E-state index is 12.0. The molecule has 1 fully saturated rings. The molecule has 1 aliphatic rings. The van der Waals surface area contributed by atoms with E-state index in [0.717, 1.165) is 0 Å². The molecular weight excluding hydrogens is 254 g/mol. The van der Waals surface area contributed by atoms with Gasteiger partial charge in [-0.1, -0.05) is 0 Å². The van der Waals surface area contributed by atoms with Gasteiger partial charge in [0.1, 0.15) is 5.92 Å². The molecule has 0 aromatic heterocycles. The molecule has 4 N–H and O–H groups in total. The summed E-state index contributed by atoms with van der Waals surface area (Å²) in [4.78, 5) is 35.4. The molecule has 0 saturated carbocycles. The predicted molar refractivity (Wildman–Crippen MR) is 65.2 cm³/mol. The Hall–Kier alpha value is -1.67. The van der Waals surface area contributed by atoms with Gasteiger partial charge in [0, 0.05) is 6.54 Å². The van der Waals surface area contributed by atoms with E-state index in [1.807, 2.05) is 0 Å². The SMILES string of the molecule is CCN(C(=O)CNC(=O)CN)C1COCC1C(=O)O. The van der Waals surface area contributed by atoms with Gasteiger partial charge in [0.05, 0.1) is 32.3 Å². The van der Waals surface area contributed by atoms with Crippen LogP contribution >= 0.6 is 0 Å². The van der Waals surface area contributed by atoms with Crippen molar-refractivity contribution in [3.05, 3.63) is 0 Å². The molecule has 0 aliphatic carbocycles. The van der Waals surface area contributed by atoms with Gasteiger partial charge in [0.25, 0.3) is 0 Å². The van der Waals surface area contributed by atoms with E-state index in [9.17, 15) is 14.4 Å². The molecule has 0 aromatic carbocycles. The molecule has 8 heteroatoms. The van der Waals surface area contributed by atoms with Crippen LogP contribution in [0.25, 0.3) is 0 Å². The lowest BCUT2D eigenvalue weighted by Gasteiger charge is -2.29. The van der Waals surface area contributed by atoms with Crippen LogP contribution in [-0.2, 0) is 19.1 Å². The number of aliphatic carboxylic acids is 1. The fourth-order valence-corrected chi connectivity index (χ4v) is 2.03. The molecule has 0 bridgehead atoms. The fraction of sp³-hybridized carbons (Fsp3) is 0.727. The van der Waals surface area contributed by atoms with E-state index < -0.39 is 23.8 Å². The summed E-state index contributed by atoms with van der Waals surface area (Å²) < 4.78 is 5.13. The second-order valence-corrected chi connectivity index (χ2v) is 4.21. The van der Waals surface area contributed by atoms with Gasteiger partial charge in [0.15, 0.2) is 0 Å². The van der Waals surface area contributed by atoms with Crippen LogP contribution in [0.15, 0.2) is 0 Å². The van der Waals surface area contributed by atoms with Crippen molar-refractivity contribution in [2.75, 3.05) is 32.8 Å². The van der Waals surface area contributed by atoms with Crippen molar-refractivity contribution in [2.45, 2.75) is 13.0 Å². The second kappa shape index (κ2) is 7.05. The molecule has 1 rings (SSSR count). The van der Waals surface area contributed by atoms with Crippen molar-refractivity contribution in [3.8, 4) is 0 Å². The Labute approximate surface area is 110 Å². The van der Waals surface area contributed by atoms with Crippen molar-refractivity contribution in [1.29, 1.82) is 0 Å². The van der Waals surface area contributed by atoms with E-state index in [4.69, 9.17) is 15.6 Å². The van der Waals surface area contributed by atoms with Crippen molar-refractivity contribution < 1.29 is 24.2 Å². The predicted octanol–water partition coefficient (Wildman–Crippen LogP) is -1.99. The zero-order chi connectivity index (χ0) is 14.4. The summed E-state index contributed by atoms with van der Waals surface area (Å²) in [5, 5.41) is 11.4. The third-order valence-electron chi connectivity index (χ3n) is 3.05. The minimum Gasteiger partial charge on any atom is -0.481 e. The first-order valence-electron chi connectivity index (χ1n) is 6.08. The smallest absolute Gasteiger partial charge is 0.311 e. The molecule has 1 aliphatic heterocycles. The van der Waals surface area contributed by atoms with Gasteiger partial charge in [0.2, 0.25) is 11.8 Å². The highest BCUT2D eigenvalue weighted by molar-refractivity contribution is 5.86. The van der Waals surface area contributed by atoms with Crippen LogP contribution < -0.4 is 11.1 Å². The Kier molecular flexibility index (Phi) is 5.71. The van der Waals surface area contributed by atoms with Crippen molar-refractivity contribution in [2.24, 2.45) is 11.7 Å². The molecule has 19 heavy (non-hydrogen) atoms. The molecular formula is C11H19N3O5. The Morgan fingerprint density at radius 3 is 2.63 bits per heavy atom. The number of likely N-dealkylation sites (N-methyl/N-ethyl adjacent to an activating group) is 1. The van der Waals surface area contributed by atoms with Gasteiger partial charge in [-0.05, 0) is 6.92 Å². The number of carbonyl (C=O) groups excluding carboxylic acids is 2. The van der Waals surface area contributed by atoms with E-state index in [0.29, 0.717) is 6.54 Å². The van der Waals surface area contributed by atoms with Crippen LogP contribution in [0.5, 0.6) is 0 Å². The minimum absolute atomic E-state index is 0.0962. The number of hydrogen-bond donors (Lipinski definition) is 3. The van der Waals surface area contributed by atoms with Crippen LogP contribution in [0.3, 0.4) is 0 Å². The lowest BCUT2D eigenvalue weighted by Crippen LogP contribution is -2.50. The molecule has 1 heterocycles. The molecule has 2 amide bonds. The van der Waals surface area contributed by atoms with Crippen LogP contribution in [-0.4, -0.2) is 66.7 Å². The van der Waals surface area contributed by atoms with E-state index in [2.05, 4.69) is 5.32 Å². The summed E-state index contributed by atoms with van der Waals surface area (Å²) in [5.41, 5.74) is 5.12. The topological polar surface area (TPSA) is 122 Å². The molecule has 0 spiro atoms. The quantitative estimate of drug-likeness (QED) is 0.515. The average molecular weight is 273 g/mol. The van der Waals surface area contributed by atoms with Gasteiger partial charge in [-0.25, -0.2) is 0 Å². The van der Waals surface area contributed by atoms with Crippen LogP contribution in [0.4, 0.5) is 0 Å². The number of amides is 2. The standard InChI is InChI=1S/C11H19N3O5/c1-2-14(10(16)4-13-9(15)3-12)8-6-19-5-7(8)11(17)18/h7-8H,2-6,12H2,1H3,(H,13,15)(H,17,18). The molecule has 0 radical (unpaired) electrons.